The number of nitrogen functional groups attached to an aromatic ring is 1. The molecular formula is C23H21N7O2. The van der Waals surface area contributed by atoms with Crippen LogP contribution in [0.3, 0.4) is 0 Å². The third-order valence-electron chi connectivity index (χ3n) is 5.49. The Kier molecular flexibility index (Phi) is 4.58. The fourth-order valence-corrected chi connectivity index (χ4v) is 3.85. The lowest BCUT2D eigenvalue weighted by atomic mass is 9.79. The van der Waals surface area contributed by atoms with Crippen LogP contribution in [-0.4, -0.2) is 30.1 Å². The zero-order chi connectivity index (χ0) is 22.3. The number of hydrogen-bond donors (Lipinski definition) is 3. The molecule has 0 aliphatic rings. The SMILES string of the molecule is CC(C)(Cc1cnc(N)nc1)c1ccc2nc(-c3ccccc3-c3n[nH]c(=O)o3)[nH]c2c1. The van der Waals surface area contributed by atoms with Crippen molar-refractivity contribution < 1.29 is 4.42 Å². The van der Waals surface area contributed by atoms with E-state index < -0.39 is 5.76 Å². The lowest BCUT2D eigenvalue weighted by Crippen LogP contribution is -2.20. The van der Waals surface area contributed by atoms with E-state index in [4.69, 9.17) is 15.1 Å². The van der Waals surface area contributed by atoms with Gasteiger partial charge in [0.2, 0.25) is 11.8 Å². The third-order valence-corrected chi connectivity index (χ3v) is 5.49. The molecule has 2 aromatic carbocycles. The zero-order valence-corrected chi connectivity index (χ0v) is 17.6. The number of nitrogens with two attached hydrogens (primary N) is 1. The van der Waals surface area contributed by atoms with Crippen LogP contribution in [0.5, 0.6) is 0 Å². The first kappa shape index (κ1) is 19.7. The summed E-state index contributed by atoms with van der Waals surface area (Å²) in [5.74, 6) is 0.562. The number of aromatic nitrogens is 6. The summed E-state index contributed by atoms with van der Waals surface area (Å²) < 4.78 is 5.15. The maximum atomic E-state index is 11.4. The van der Waals surface area contributed by atoms with Crippen molar-refractivity contribution in [3.05, 3.63) is 76.5 Å². The van der Waals surface area contributed by atoms with E-state index in [2.05, 4.69) is 51.1 Å². The summed E-state index contributed by atoms with van der Waals surface area (Å²) >= 11 is 0. The smallest absolute Gasteiger partial charge is 0.388 e. The Balaban J connectivity index is 1.51. The van der Waals surface area contributed by atoms with E-state index in [1.54, 1.807) is 12.4 Å². The van der Waals surface area contributed by atoms with Crippen LogP contribution < -0.4 is 11.5 Å². The van der Waals surface area contributed by atoms with Crippen molar-refractivity contribution in [2.75, 3.05) is 5.73 Å². The van der Waals surface area contributed by atoms with Gasteiger partial charge < -0.3 is 15.1 Å². The lowest BCUT2D eigenvalue weighted by molar-refractivity contribution is 0.521. The molecule has 4 N–H and O–H groups in total. The van der Waals surface area contributed by atoms with Crippen molar-refractivity contribution >= 4 is 17.0 Å². The molecule has 5 aromatic rings. The molecular weight excluding hydrogens is 406 g/mol. The van der Waals surface area contributed by atoms with Gasteiger partial charge in [-0.1, -0.05) is 38.1 Å². The number of fused-ring (bicyclic) bond motifs is 1. The molecule has 0 aliphatic heterocycles. The molecule has 0 fully saturated rings. The molecule has 3 heterocycles. The van der Waals surface area contributed by atoms with E-state index in [0.717, 1.165) is 34.1 Å². The second kappa shape index (κ2) is 7.45. The van der Waals surface area contributed by atoms with Gasteiger partial charge in [0.15, 0.2) is 0 Å². The van der Waals surface area contributed by atoms with E-state index in [9.17, 15) is 4.79 Å². The van der Waals surface area contributed by atoms with Crippen LogP contribution in [0.1, 0.15) is 25.0 Å². The summed E-state index contributed by atoms with van der Waals surface area (Å²) in [5, 5.41) is 6.25. The zero-order valence-electron chi connectivity index (χ0n) is 17.6. The minimum atomic E-state index is -0.599. The Hall–Kier alpha value is -4.27. The van der Waals surface area contributed by atoms with E-state index in [1.807, 2.05) is 30.3 Å². The second-order valence-electron chi connectivity index (χ2n) is 8.29. The maximum Gasteiger partial charge on any atom is 0.434 e. The Morgan fingerprint density at radius 2 is 1.81 bits per heavy atom. The lowest BCUT2D eigenvalue weighted by Gasteiger charge is -2.25. The molecule has 0 saturated heterocycles. The van der Waals surface area contributed by atoms with Gasteiger partial charge in [0, 0.05) is 23.5 Å². The van der Waals surface area contributed by atoms with Crippen LogP contribution in [-0.2, 0) is 11.8 Å². The van der Waals surface area contributed by atoms with E-state index in [1.165, 1.54) is 0 Å². The van der Waals surface area contributed by atoms with Gasteiger partial charge in [-0.05, 0) is 41.2 Å². The highest BCUT2D eigenvalue weighted by molar-refractivity contribution is 5.84. The topological polar surface area (TPSA) is 139 Å². The monoisotopic (exact) mass is 427 g/mol. The number of H-pyrrole nitrogens is 2. The van der Waals surface area contributed by atoms with E-state index in [0.29, 0.717) is 11.4 Å². The summed E-state index contributed by atoms with van der Waals surface area (Å²) in [6.07, 6.45) is 4.29. The van der Waals surface area contributed by atoms with Gasteiger partial charge in [-0.15, -0.1) is 5.10 Å². The van der Waals surface area contributed by atoms with Crippen molar-refractivity contribution in [2.24, 2.45) is 0 Å². The van der Waals surface area contributed by atoms with Crippen molar-refractivity contribution in [1.82, 2.24) is 30.1 Å². The first-order valence-electron chi connectivity index (χ1n) is 10.1. The molecule has 0 spiro atoms. The number of aromatic amines is 2. The average Bonchev–Trinajstić information content (AvgIpc) is 3.41. The molecule has 0 unspecified atom stereocenters. The Morgan fingerprint density at radius 3 is 2.53 bits per heavy atom. The average molecular weight is 427 g/mol. The number of imidazole rings is 1. The van der Waals surface area contributed by atoms with Gasteiger partial charge >= 0.3 is 5.76 Å². The molecule has 0 amide bonds. The highest BCUT2D eigenvalue weighted by Crippen LogP contribution is 2.33. The minimum absolute atomic E-state index is 0.157. The summed E-state index contributed by atoms with van der Waals surface area (Å²) in [6, 6.07) is 13.7. The Labute approximate surface area is 182 Å². The van der Waals surface area contributed by atoms with Gasteiger partial charge in [-0.2, -0.15) is 0 Å². The van der Waals surface area contributed by atoms with Gasteiger partial charge in [0.05, 0.1) is 11.0 Å². The molecule has 0 bridgehead atoms. The van der Waals surface area contributed by atoms with Crippen LogP contribution in [0.25, 0.3) is 33.9 Å². The number of benzene rings is 2. The fraction of sp³-hybridized carbons (Fsp3) is 0.174. The predicted octanol–water partition coefficient (Wildman–Crippen LogP) is 3.47. The largest absolute Gasteiger partial charge is 0.434 e. The Morgan fingerprint density at radius 1 is 1.06 bits per heavy atom. The highest BCUT2D eigenvalue weighted by Gasteiger charge is 2.23. The standard InChI is InChI=1S/C23H21N7O2/c1-23(2,10-13-11-25-21(24)26-12-13)14-7-8-17-18(9-14)28-19(27-17)15-5-3-4-6-16(15)20-29-30-22(31)32-20/h3-9,11-12H,10H2,1-2H3,(H,27,28)(H,30,31)(H2,24,25,26). The normalized spacial score (nSPS) is 11.8. The van der Waals surface area contributed by atoms with Gasteiger partial charge in [-0.25, -0.2) is 24.8 Å². The number of nitrogens with one attached hydrogen (secondary N) is 2. The number of rotatable bonds is 5. The summed E-state index contributed by atoms with van der Waals surface area (Å²) in [7, 11) is 0. The Bertz CT molecular complexity index is 1460. The molecule has 0 saturated carbocycles. The van der Waals surface area contributed by atoms with Gasteiger partial charge in [0.1, 0.15) is 5.82 Å². The van der Waals surface area contributed by atoms with Gasteiger partial charge in [0.25, 0.3) is 0 Å². The molecule has 9 nitrogen and oxygen atoms in total. The van der Waals surface area contributed by atoms with Crippen molar-refractivity contribution in [3.63, 3.8) is 0 Å². The van der Waals surface area contributed by atoms with Gasteiger partial charge in [-0.3, -0.25) is 0 Å². The molecule has 0 radical (unpaired) electrons. The molecule has 160 valence electrons. The first-order valence-corrected chi connectivity index (χ1v) is 10.1. The van der Waals surface area contributed by atoms with Crippen molar-refractivity contribution in [3.8, 4) is 22.8 Å². The molecule has 3 aromatic heterocycles. The number of nitrogens with zero attached hydrogens (tertiary/aromatic N) is 4. The fourth-order valence-electron chi connectivity index (χ4n) is 3.85. The quantitative estimate of drug-likeness (QED) is 0.390. The maximum absolute atomic E-state index is 11.4. The van der Waals surface area contributed by atoms with Crippen LogP contribution in [0.15, 0.2) is 64.1 Å². The van der Waals surface area contributed by atoms with Crippen LogP contribution in [0, 0.1) is 0 Å². The third kappa shape index (κ3) is 3.64. The van der Waals surface area contributed by atoms with Crippen molar-refractivity contribution in [1.29, 1.82) is 0 Å². The van der Waals surface area contributed by atoms with Crippen LogP contribution in [0.4, 0.5) is 5.95 Å². The molecule has 5 rings (SSSR count). The van der Waals surface area contributed by atoms with Crippen LogP contribution >= 0.6 is 0 Å². The number of anilines is 1. The van der Waals surface area contributed by atoms with Crippen molar-refractivity contribution in [2.45, 2.75) is 25.7 Å². The predicted molar refractivity (Wildman–Crippen MR) is 121 cm³/mol. The molecule has 32 heavy (non-hydrogen) atoms. The molecule has 0 atom stereocenters. The number of hydrogen-bond acceptors (Lipinski definition) is 7. The summed E-state index contributed by atoms with van der Waals surface area (Å²) in [6.45, 7) is 4.35. The van der Waals surface area contributed by atoms with E-state index >= 15 is 0 Å². The molecule has 0 aliphatic carbocycles. The second-order valence-corrected chi connectivity index (χ2v) is 8.29. The molecule has 9 heteroatoms. The minimum Gasteiger partial charge on any atom is -0.388 e. The van der Waals surface area contributed by atoms with E-state index in [-0.39, 0.29) is 17.3 Å². The summed E-state index contributed by atoms with van der Waals surface area (Å²) in [4.78, 5) is 27.7. The van der Waals surface area contributed by atoms with Crippen LogP contribution in [0.2, 0.25) is 0 Å². The first-order chi connectivity index (χ1) is 15.4. The summed E-state index contributed by atoms with van der Waals surface area (Å²) in [5.41, 5.74) is 10.8. The highest BCUT2D eigenvalue weighted by atomic mass is 16.4.